The fourth-order valence-electron chi connectivity index (χ4n) is 3.18. The van der Waals surface area contributed by atoms with Crippen LogP contribution in [0, 0.1) is 11.8 Å². The van der Waals surface area contributed by atoms with Gasteiger partial charge in [-0.3, -0.25) is 10.1 Å². The third-order valence-corrected chi connectivity index (χ3v) is 6.57. The highest BCUT2D eigenvalue weighted by molar-refractivity contribution is 7.99. The van der Waals surface area contributed by atoms with Crippen LogP contribution >= 0.6 is 11.8 Å². The van der Waals surface area contributed by atoms with Crippen molar-refractivity contribution in [2.24, 2.45) is 11.8 Å². The molecule has 2 N–H and O–H groups in total. The Morgan fingerprint density at radius 1 is 1.35 bits per heavy atom. The van der Waals surface area contributed by atoms with Crippen molar-refractivity contribution >= 4 is 17.7 Å². The molecule has 0 bridgehead atoms. The summed E-state index contributed by atoms with van der Waals surface area (Å²) in [5, 5.41) is 13.9. The Balaban J connectivity index is 1.89. The summed E-state index contributed by atoms with van der Waals surface area (Å²) in [6.45, 7) is 6.78. The smallest absolute Gasteiger partial charge is 0.324 e. The molecule has 0 heterocycles. The molecular weight excluding hydrogens is 270 g/mol. The zero-order valence-electron chi connectivity index (χ0n) is 13.0. The van der Waals surface area contributed by atoms with Crippen molar-refractivity contribution in [3.63, 3.8) is 0 Å². The molecule has 2 fully saturated rings. The minimum absolute atomic E-state index is 0.312. The highest BCUT2D eigenvalue weighted by Gasteiger charge is 2.50. The molecule has 4 heteroatoms. The van der Waals surface area contributed by atoms with E-state index in [1.165, 1.54) is 0 Å². The molecule has 0 spiro atoms. The Bertz CT molecular complexity index is 343. The van der Waals surface area contributed by atoms with E-state index in [0.29, 0.717) is 23.1 Å². The van der Waals surface area contributed by atoms with Gasteiger partial charge in [-0.15, -0.1) is 0 Å². The average Bonchev–Trinajstić information content (AvgIpc) is 3.09. The Kier molecular flexibility index (Phi) is 5.41. The van der Waals surface area contributed by atoms with Crippen molar-refractivity contribution in [3.05, 3.63) is 0 Å². The Morgan fingerprint density at radius 3 is 2.60 bits per heavy atom. The molecule has 20 heavy (non-hydrogen) atoms. The average molecular weight is 299 g/mol. The predicted octanol–water partition coefficient (Wildman–Crippen LogP) is 3.53. The molecule has 0 radical (unpaired) electrons. The van der Waals surface area contributed by atoms with Gasteiger partial charge in [0.1, 0.15) is 5.54 Å². The molecule has 0 aliphatic heterocycles. The summed E-state index contributed by atoms with van der Waals surface area (Å²) >= 11 is 2.00. The second-order valence-electron chi connectivity index (χ2n) is 6.89. The second kappa shape index (κ2) is 6.69. The molecule has 0 aromatic carbocycles. The monoisotopic (exact) mass is 299 g/mol. The number of rotatable bonds is 8. The second-order valence-corrected chi connectivity index (χ2v) is 8.38. The molecule has 2 aliphatic carbocycles. The molecule has 116 valence electrons. The van der Waals surface area contributed by atoms with Crippen LogP contribution in [0.15, 0.2) is 0 Å². The number of hydrogen-bond donors (Lipinski definition) is 2. The molecule has 3 nitrogen and oxygen atoms in total. The number of carboxylic acids is 1. The van der Waals surface area contributed by atoms with E-state index < -0.39 is 11.5 Å². The van der Waals surface area contributed by atoms with Crippen LogP contribution in [0.3, 0.4) is 0 Å². The number of thioether (sulfide) groups is 1. The van der Waals surface area contributed by atoms with E-state index in [9.17, 15) is 9.90 Å². The van der Waals surface area contributed by atoms with Crippen LogP contribution in [0.5, 0.6) is 0 Å². The van der Waals surface area contributed by atoms with Gasteiger partial charge in [-0.05, 0) is 49.7 Å². The summed E-state index contributed by atoms with van der Waals surface area (Å²) in [7, 11) is 0. The third kappa shape index (κ3) is 3.70. The highest BCUT2D eigenvalue weighted by Crippen LogP contribution is 2.41. The standard InChI is InChI=1S/C16H29NO2S/c1-11(2)12(3)20-10-8-13-5-4-9-16(13,15(18)19)17-14-6-7-14/h11-14,17H,4-10H2,1-3H3,(H,18,19). The van der Waals surface area contributed by atoms with E-state index in [0.717, 1.165) is 44.3 Å². The largest absolute Gasteiger partial charge is 0.480 e. The number of aliphatic carboxylic acids is 1. The van der Waals surface area contributed by atoms with Crippen LogP contribution < -0.4 is 5.32 Å². The highest BCUT2D eigenvalue weighted by atomic mass is 32.2. The molecule has 0 aromatic rings. The molecule has 2 rings (SSSR count). The van der Waals surface area contributed by atoms with Gasteiger partial charge in [-0.2, -0.15) is 11.8 Å². The number of carboxylic acid groups (broad SMARTS) is 1. The van der Waals surface area contributed by atoms with E-state index in [-0.39, 0.29) is 0 Å². The quantitative estimate of drug-likeness (QED) is 0.720. The van der Waals surface area contributed by atoms with Gasteiger partial charge >= 0.3 is 5.97 Å². The zero-order valence-corrected chi connectivity index (χ0v) is 13.8. The van der Waals surface area contributed by atoms with E-state index in [1.807, 2.05) is 11.8 Å². The number of carbonyl (C=O) groups is 1. The summed E-state index contributed by atoms with van der Waals surface area (Å²) in [5.41, 5.74) is -0.622. The lowest BCUT2D eigenvalue weighted by Gasteiger charge is -2.33. The fraction of sp³-hybridized carbons (Fsp3) is 0.938. The SMILES string of the molecule is CC(C)C(C)SCCC1CCCC1(NC1CC1)C(=O)O. The fourth-order valence-corrected chi connectivity index (χ4v) is 4.36. The molecule has 0 saturated heterocycles. The van der Waals surface area contributed by atoms with Crippen molar-refractivity contribution in [2.45, 2.75) is 76.1 Å². The summed E-state index contributed by atoms with van der Waals surface area (Å²) in [5.74, 6) is 1.48. The first-order chi connectivity index (χ1) is 9.45. The molecule has 2 aliphatic rings. The van der Waals surface area contributed by atoms with Gasteiger partial charge in [-0.25, -0.2) is 0 Å². The predicted molar refractivity (Wildman–Crippen MR) is 85.2 cm³/mol. The van der Waals surface area contributed by atoms with Gasteiger partial charge in [0.05, 0.1) is 0 Å². The molecule has 0 amide bonds. The van der Waals surface area contributed by atoms with Gasteiger partial charge in [0, 0.05) is 11.3 Å². The summed E-state index contributed by atoms with van der Waals surface area (Å²) in [6.07, 6.45) is 6.28. The van der Waals surface area contributed by atoms with Crippen LogP contribution in [0.2, 0.25) is 0 Å². The van der Waals surface area contributed by atoms with E-state index in [2.05, 4.69) is 26.1 Å². The zero-order chi connectivity index (χ0) is 14.8. The van der Waals surface area contributed by atoms with Crippen molar-refractivity contribution in [2.75, 3.05) is 5.75 Å². The van der Waals surface area contributed by atoms with Gasteiger partial charge < -0.3 is 5.11 Å². The Labute approximate surface area is 127 Å². The van der Waals surface area contributed by atoms with Crippen molar-refractivity contribution < 1.29 is 9.90 Å². The van der Waals surface area contributed by atoms with E-state index >= 15 is 0 Å². The minimum Gasteiger partial charge on any atom is -0.480 e. The van der Waals surface area contributed by atoms with Crippen molar-refractivity contribution in [3.8, 4) is 0 Å². The molecule has 3 unspecified atom stereocenters. The summed E-state index contributed by atoms with van der Waals surface area (Å²) < 4.78 is 0. The van der Waals surface area contributed by atoms with Crippen LogP contribution in [0.4, 0.5) is 0 Å². The maximum atomic E-state index is 11.8. The van der Waals surface area contributed by atoms with Gasteiger partial charge in [0.15, 0.2) is 0 Å². The molecular formula is C16H29NO2S. The van der Waals surface area contributed by atoms with E-state index in [1.54, 1.807) is 0 Å². The topological polar surface area (TPSA) is 49.3 Å². The lowest BCUT2D eigenvalue weighted by Crippen LogP contribution is -2.55. The third-order valence-electron chi connectivity index (χ3n) is 5.03. The first-order valence-corrected chi connectivity index (χ1v) is 9.13. The first-order valence-electron chi connectivity index (χ1n) is 8.08. The molecule has 0 aromatic heterocycles. The lowest BCUT2D eigenvalue weighted by atomic mass is 9.85. The van der Waals surface area contributed by atoms with E-state index in [4.69, 9.17) is 0 Å². The van der Waals surface area contributed by atoms with Gasteiger partial charge in [0.2, 0.25) is 0 Å². The van der Waals surface area contributed by atoms with Crippen molar-refractivity contribution in [1.29, 1.82) is 0 Å². The van der Waals surface area contributed by atoms with Gasteiger partial charge in [0.25, 0.3) is 0 Å². The molecule has 3 atom stereocenters. The van der Waals surface area contributed by atoms with Crippen LogP contribution in [-0.4, -0.2) is 33.7 Å². The Morgan fingerprint density at radius 2 is 2.05 bits per heavy atom. The maximum absolute atomic E-state index is 11.8. The molecule has 2 saturated carbocycles. The lowest BCUT2D eigenvalue weighted by molar-refractivity contribution is -0.146. The summed E-state index contributed by atoms with van der Waals surface area (Å²) in [4.78, 5) is 11.8. The van der Waals surface area contributed by atoms with Crippen LogP contribution in [0.25, 0.3) is 0 Å². The first kappa shape index (κ1) is 16.2. The van der Waals surface area contributed by atoms with Crippen molar-refractivity contribution in [1.82, 2.24) is 5.32 Å². The number of nitrogens with one attached hydrogen (secondary N) is 1. The maximum Gasteiger partial charge on any atom is 0.324 e. The van der Waals surface area contributed by atoms with Gasteiger partial charge in [-0.1, -0.05) is 27.2 Å². The Hall–Kier alpha value is -0.220. The number of hydrogen-bond acceptors (Lipinski definition) is 3. The normalized spacial score (nSPS) is 31.7. The van der Waals surface area contributed by atoms with Crippen LogP contribution in [-0.2, 0) is 4.79 Å². The summed E-state index contributed by atoms with van der Waals surface area (Å²) in [6, 6.07) is 0.467. The van der Waals surface area contributed by atoms with Crippen LogP contribution in [0.1, 0.15) is 59.3 Å². The minimum atomic E-state index is -0.622.